The lowest BCUT2D eigenvalue weighted by Gasteiger charge is -2.20. The second-order valence-electron chi connectivity index (χ2n) is 5.01. The topological polar surface area (TPSA) is 66.8 Å². The van der Waals surface area contributed by atoms with Crippen molar-refractivity contribution in [1.29, 1.82) is 0 Å². The van der Waals surface area contributed by atoms with Crippen LogP contribution in [-0.2, 0) is 9.59 Å². The minimum absolute atomic E-state index is 0.161. The molecule has 1 amide bonds. The number of hydrogen-bond donors (Lipinski definition) is 1. The highest BCUT2D eigenvalue weighted by Gasteiger charge is 2.16. The van der Waals surface area contributed by atoms with Gasteiger partial charge in [-0.3, -0.25) is 9.59 Å². The summed E-state index contributed by atoms with van der Waals surface area (Å²) < 4.78 is 5.50. The van der Waals surface area contributed by atoms with Gasteiger partial charge >= 0.3 is 5.97 Å². The van der Waals surface area contributed by atoms with E-state index in [1.165, 1.54) is 4.90 Å². The fraction of sp³-hybridized carbons (Fsp3) is 0.294. The summed E-state index contributed by atoms with van der Waals surface area (Å²) in [5.74, 6) is -0.747. The highest BCUT2D eigenvalue weighted by Crippen LogP contribution is 2.20. The first-order valence-electron chi connectivity index (χ1n) is 7.21. The third-order valence-corrected chi connectivity index (χ3v) is 3.26. The van der Waals surface area contributed by atoms with E-state index < -0.39 is 5.97 Å². The molecule has 0 bridgehead atoms. The highest BCUT2D eigenvalue weighted by atomic mass is 16.5. The normalized spacial score (nSPS) is 10.4. The molecule has 0 aliphatic heterocycles. The van der Waals surface area contributed by atoms with Crippen molar-refractivity contribution < 1.29 is 19.4 Å². The Labute approximate surface area is 129 Å². The molecule has 5 nitrogen and oxygen atoms in total. The van der Waals surface area contributed by atoms with Crippen LogP contribution in [-0.4, -0.2) is 41.6 Å². The van der Waals surface area contributed by atoms with Gasteiger partial charge < -0.3 is 14.7 Å². The van der Waals surface area contributed by atoms with Gasteiger partial charge in [-0.1, -0.05) is 37.3 Å². The van der Waals surface area contributed by atoms with E-state index in [0.29, 0.717) is 18.7 Å². The van der Waals surface area contributed by atoms with Crippen LogP contribution < -0.4 is 4.74 Å². The lowest BCUT2D eigenvalue weighted by Crippen LogP contribution is -2.39. The van der Waals surface area contributed by atoms with Crippen LogP contribution in [0, 0.1) is 0 Å². The number of rotatable bonds is 7. The second-order valence-corrected chi connectivity index (χ2v) is 5.01. The summed E-state index contributed by atoms with van der Waals surface area (Å²) in [4.78, 5) is 24.1. The monoisotopic (exact) mass is 301 g/mol. The van der Waals surface area contributed by atoms with E-state index >= 15 is 0 Å². The predicted octanol–water partition coefficient (Wildman–Crippen LogP) is 2.54. The highest BCUT2D eigenvalue weighted by molar-refractivity contribution is 5.84. The van der Waals surface area contributed by atoms with Gasteiger partial charge in [-0.2, -0.15) is 0 Å². The van der Waals surface area contributed by atoms with Crippen LogP contribution in [0.25, 0.3) is 10.8 Å². The summed E-state index contributed by atoms with van der Waals surface area (Å²) >= 11 is 0. The lowest BCUT2D eigenvalue weighted by atomic mass is 10.1. The van der Waals surface area contributed by atoms with Crippen LogP contribution >= 0.6 is 0 Å². The van der Waals surface area contributed by atoms with E-state index in [2.05, 4.69) is 0 Å². The summed E-state index contributed by atoms with van der Waals surface area (Å²) in [6.45, 7) is 1.85. The van der Waals surface area contributed by atoms with Gasteiger partial charge in [-0.15, -0.1) is 0 Å². The second kappa shape index (κ2) is 7.45. The van der Waals surface area contributed by atoms with E-state index in [0.717, 1.165) is 10.8 Å². The molecule has 0 atom stereocenters. The van der Waals surface area contributed by atoms with E-state index in [-0.39, 0.29) is 19.1 Å². The molecule has 0 aromatic heterocycles. The van der Waals surface area contributed by atoms with Gasteiger partial charge in [0.05, 0.1) is 0 Å². The molecule has 5 heteroatoms. The summed E-state index contributed by atoms with van der Waals surface area (Å²) in [5, 5.41) is 11.0. The van der Waals surface area contributed by atoms with Crippen molar-refractivity contribution in [1.82, 2.24) is 4.90 Å². The van der Waals surface area contributed by atoms with Crippen LogP contribution in [0.2, 0.25) is 0 Å². The van der Waals surface area contributed by atoms with Crippen molar-refractivity contribution in [2.75, 3.05) is 19.7 Å². The van der Waals surface area contributed by atoms with Crippen LogP contribution in [0.4, 0.5) is 0 Å². The summed E-state index contributed by atoms with van der Waals surface area (Å²) in [7, 11) is 0. The van der Waals surface area contributed by atoms with Crippen LogP contribution in [0.5, 0.6) is 5.75 Å². The quantitative estimate of drug-likeness (QED) is 0.853. The Hall–Kier alpha value is -2.56. The van der Waals surface area contributed by atoms with Crippen LogP contribution in [0.1, 0.15) is 13.3 Å². The largest absolute Gasteiger partial charge is 0.484 e. The van der Waals surface area contributed by atoms with Crippen molar-refractivity contribution >= 4 is 22.6 Å². The molecule has 116 valence electrons. The molecule has 0 heterocycles. The SMILES string of the molecule is CCCN(CC(=O)O)C(=O)COc1ccc2ccccc2c1. The molecule has 0 spiro atoms. The predicted molar refractivity (Wildman–Crippen MR) is 83.9 cm³/mol. The number of nitrogens with zero attached hydrogens (tertiary/aromatic N) is 1. The maximum absolute atomic E-state index is 12.0. The lowest BCUT2D eigenvalue weighted by molar-refractivity contribution is -0.145. The van der Waals surface area contributed by atoms with Gasteiger partial charge in [-0.05, 0) is 29.3 Å². The Kier molecular flexibility index (Phi) is 5.36. The number of fused-ring (bicyclic) bond motifs is 1. The zero-order valence-electron chi connectivity index (χ0n) is 12.5. The minimum atomic E-state index is -1.02. The van der Waals surface area contributed by atoms with Gasteiger partial charge in [0, 0.05) is 6.54 Å². The molecule has 0 saturated carbocycles. The molecule has 2 aromatic rings. The first kappa shape index (κ1) is 15.8. The number of carbonyl (C=O) groups excluding carboxylic acids is 1. The Balaban J connectivity index is 2.00. The minimum Gasteiger partial charge on any atom is -0.484 e. The van der Waals surface area contributed by atoms with Crippen LogP contribution in [0.3, 0.4) is 0 Å². The number of carbonyl (C=O) groups is 2. The van der Waals surface area contributed by atoms with E-state index in [9.17, 15) is 9.59 Å². The fourth-order valence-electron chi connectivity index (χ4n) is 2.22. The van der Waals surface area contributed by atoms with Gasteiger partial charge in [0.2, 0.25) is 0 Å². The Morgan fingerprint density at radius 3 is 2.55 bits per heavy atom. The fourth-order valence-corrected chi connectivity index (χ4v) is 2.22. The maximum atomic E-state index is 12.0. The summed E-state index contributed by atoms with van der Waals surface area (Å²) in [6.07, 6.45) is 0.703. The van der Waals surface area contributed by atoms with E-state index in [1.807, 2.05) is 43.3 Å². The number of carboxylic acid groups (broad SMARTS) is 1. The van der Waals surface area contributed by atoms with Gasteiger partial charge in [0.25, 0.3) is 5.91 Å². The summed E-state index contributed by atoms with van der Waals surface area (Å²) in [5.41, 5.74) is 0. The molecule has 0 aliphatic carbocycles. The zero-order valence-corrected chi connectivity index (χ0v) is 12.5. The van der Waals surface area contributed by atoms with Crippen molar-refractivity contribution in [3.05, 3.63) is 42.5 Å². The van der Waals surface area contributed by atoms with Gasteiger partial charge in [0.15, 0.2) is 6.61 Å². The van der Waals surface area contributed by atoms with Gasteiger partial charge in [0.1, 0.15) is 12.3 Å². The number of benzene rings is 2. The maximum Gasteiger partial charge on any atom is 0.323 e. The number of hydrogen-bond acceptors (Lipinski definition) is 3. The van der Waals surface area contributed by atoms with Crippen molar-refractivity contribution in [2.45, 2.75) is 13.3 Å². The third kappa shape index (κ3) is 4.22. The molecule has 0 fully saturated rings. The number of ether oxygens (including phenoxy) is 1. The molecule has 2 rings (SSSR count). The zero-order chi connectivity index (χ0) is 15.9. The molecule has 0 saturated heterocycles. The average molecular weight is 301 g/mol. The Morgan fingerprint density at radius 1 is 1.14 bits per heavy atom. The Bertz CT molecular complexity index is 669. The number of aliphatic carboxylic acids is 1. The van der Waals surface area contributed by atoms with Crippen molar-refractivity contribution in [2.24, 2.45) is 0 Å². The van der Waals surface area contributed by atoms with Crippen LogP contribution in [0.15, 0.2) is 42.5 Å². The molecule has 22 heavy (non-hydrogen) atoms. The van der Waals surface area contributed by atoms with Crippen molar-refractivity contribution in [3.63, 3.8) is 0 Å². The molecular formula is C17H19NO4. The van der Waals surface area contributed by atoms with Gasteiger partial charge in [-0.25, -0.2) is 0 Å². The Morgan fingerprint density at radius 2 is 1.86 bits per heavy atom. The first-order chi connectivity index (χ1) is 10.6. The number of carboxylic acids is 1. The molecule has 0 aliphatic rings. The van der Waals surface area contributed by atoms with E-state index in [1.54, 1.807) is 6.07 Å². The molecule has 2 aromatic carbocycles. The average Bonchev–Trinajstić information content (AvgIpc) is 2.51. The number of amides is 1. The summed E-state index contributed by atoms with van der Waals surface area (Å²) in [6, 6.07) is 13.5. The molecular weight excluding hydrogens is 282 g/mol. The molecule has 0 radical (unpaired) electrons. The first-order valence-corrected chi connectivity index (χ1v) is 7.21. The van der Waals surface area contributed by atoms with E-state index in [4.69, 9.17) is 9.84 Å². The van der Waals surface area contributed by atoms with Crippen molar-refractivity contribution in [3.8, 4) is 5.75 Å². The third-order valence-electron chi connectivity index (χ3n) is 3.26. The molecule has 0 unspecified atom stereocenters. The molecule has 1 N–H and O–H groups in total. The standard InChI is InChI=1S/C17H19NO4/c1-2-9-18(11-17(20)21)16(19)12-22-15-8-7-13-5-3-4-6-14(13)10-15/h3-8,10H,2,9,11-12H2,1H3,(H,20,21). The smallest absolute Gasteiger partial charge is 0.323 e.